The molecule has 0 aliphatic carbocycles. The SMILES string of the molecule is Cc1ccc(-c2cc(C(=O)N3CC=C(c4ccccc4)CC3)[nH]n2)cc1C. The van der Waals surface area contributed by atoms with E-state index in [1.54, 1.807) is 0 Å². The summed E-state index contributed by atoms with van der Waals surface area (Å²) in [5.74, 6) is 0.000875. The lowest BCUT2D eigenvalue weighted by molar-refractivity contribution is 0.0767. The standard InChI is InChI=1S/C23H23N3O/c1-16-8-9-20(14-17(16)2)21-15-22(25-24-21)23(27)26-12-10-19(11-13-26)18-6-4-3-5-7-18/h3-10,14-15H,11-13H2,1-2H3,(H,24,25). The number of rotatable bonds is 3. The quantitative estimate of drug-likeness (QED) is 0.743. The number of nitrogens with one attached hydrogen (secondary N) is 1. The van der Waals surface area contributed by atoms with E-state index in [0.717, 1.165) is 24.2 Å². The number of amides is 1. The van der Waals surface area contributed by atoms with Gasteiger partial charge in [-0.25, -0.2) is 0 Å². The lowest BCUT2D eigenvalue weighted by atomic mass is 9.99. The number of aryl methyl sites for hydroxylation is 2. The second-order valence-corrected chi connectivity index (χ2v) is 7.06. The van der Waals surface area contributed by atoms with E-state index in [9.17, 15) is 4.79 Å². The van der Waals surface area contributed by atoms with Crippen LogP contribution in [0.2, 0.25) is 0 Å². The van der Waals surface area contributed by atoms with Crippen LogP contribution in [0.15, 0.2) is 60.7 Å². The van der Waals surface area contributed by atoms with Gasteiger partial charge in [-0.1, -0.05) is 48.5 Å². The van der Waals surface area contributed by atoms with Crippen molar-refractivity contribution in [2.75, 3.05) is 13.1 Å². The molecule has 4 heteroatoms. The highest BCUT2D eigenvalue weighted by atomic mass is 16.2. The van der Waals surface area contributed by atoms with Gasteiger partial charge >= 0.3 is 0 Å². The Bertz CT molecular complexity index is 1000. The van der Waals surface area contributed by atoms with Crippen LogP contribution in [0.1, 0.15) is 33.6 Å². The molecule has 1 amide bonds. The number of hydrogen-bond donors (Lipinski definition) is 1. The maximum atomic E-state index is 12.8. The molecule has 0 bridgehead atoms. The first kappa shape index (κ1) is 17.3. The van der Waals surface area contributed by atoms with E-state index < -0.39 is 0 Å². The van der Waals surface area contributed by atoms with Gasteiger partial charge in [0, 0.05) is 18.7 Å². The minimum atomic E-state index is 0.000875. The number of benzene rings is 2. The van der Waals surface area contributed by atoms with Crippen LogP contribution in [-0.2, 0) is 0 Å². The summed E-state index contributed by atoms with van der Waals surface area (Å²) in [6, 6.07) is 18.4. The van der Waals surface area contributed by atoms with Gasteiger partial charge in [-0.05, 0) is 54.7 Å². The number of H-pyrrole nitrogens is 1. The molecule has 136 valence electrons. The summed E-state index contributed by atoms with van der Waals surface area (Å²) >= 11 is 0. The number of carbonyl (C=O) groups is 1. The number of carbonyl (C=O) groups excluding carboxylic acids is 1. The Morgan fingerprint density at radius 1 is 1.00 bits per heavy atom. The Labute approximate surface area is 159 Å². The molecule has 27 heavy (non-hydrogen) atoms. The first-order valence-corrected chi connectivity index (χ1v) is 9.28. The maximum absolute atomic E-state index is 12.8. The van der Waals surface area contributed by atoms with E-state index in [0.29, 0.717) is 12.2 Å². The molecule has 1 aliphatic rings. The number of nitrogens with zero attached hydrogens (tertiary/aromatic N) is 2. The van der Waals surface area contributed by atoms with Gasteiger partial charge in [0.25, 0.3) is 5.91 Å². The molecular weight excluding hydrogens is 334 g/mol. The zero-order valence-electron chi connectivity index (χ0n) is 15.7. The molecular formula is C23H23N3O. The van der Waals surface area contributed by atoms with Gasteiger partial charge in [-0.15, -0.1) is 0 Å². The average Bonchev–Trinajstić information content (AvgIpc) is 3.20. The number of hydrogen-bond acceptors (Lipinski definition) is 2. The molecule has 0 atom stereocenters. The van der Waals surface area contributed by atoms with Crippen molar-refractivity contribution >= 4 is 11.5 Å². The second-order valence-electron chi connectivity index (χ2n) is 7.06. The van der Waals surface area contributed by atoms with E-state index in [2.05, 4.69) is 54.4 Å². The van der Waals surface area contributed by atoms with Crippen LogP contribution in [-0.4, -0.2) is 34.1 Å². The van der Waals surface area contributed by atoms with Crippen LogP contribution >= 0.6 is 0 Å². The highest BCUT2D eigenvalue weighted by molar-refractivity contribution is 5.94. The van der Waals surface area contributed by atoms with Crippen molar-refractivity contribution in [3.63, 3.8) is 0 Å². The van der Waals surface area contributed by atoms with E-state index in [4.69, 9.17) is 0 Å². The first-order valence-electron chi connectivity index (χ1n) is 9.28. The van der Waals surface area contributed by atoms with Crippen molar-refractivity contribution in [3.05, 3.63) is 83.1 Å². The molecule has 0 fully saturated rings. The smallest absolute Gasteiger partial charge is 0.272 e. The summed E-state index contributed by atoms with van der Waals surface area (Å²) in [4.78, 5) is 14.7. The Hall–Kier alpha value is -3.14. The van der Waals surface area contributed by atoms with Gasteiger partial charge in [-0.2, -0.15) is 5.10 Å². The third kappa shape index (κ3) is 3.56. The summed E-state index contributed by atoms with van der Waals surface area (Å²) in [5.41, 5.74) is 7.39. The van der Waals surface area contributed by atoms with Gasteiger partial charge in [-0.3, -0.25) is 9.89 Å². The summed E-state index contributed by atoms with van der Waals surface area (Å²) in [6.07, 6.45) is 3.02. The zero-order chi connectivity index (χ0) is 18.8. The van der Waals surface area contributed by atoms with Crippen molar-refractivity contribution in [2.24, 2.45) is 0 Å². The van der Waals surface area contributed by atoms with Crippen molar-refractivity contribution in [3.8, 4) is 11.3 Å². The minimum Gasteiger partial charge on any atom is -0.333 e. The van der Waals surface area contributed by atoms with Crippen LogP contribution in [0.5, 0.6) is 0 Å². The van der Waals surface area contributed by atoms with Crippen LogP contribution in [0.3, 0.4) is 0 Å². The van der Waals surface area contributed by atoms with Gasteiger partial charge in [0.1, 0.15) is 5.69 Å². The molecule has 0 saturated carbocycles. The fourth-order valence-corrected chi connectivity index (χ4v) is 3.42. The summed E-state index contributed by atoms with van der Waals surface area (Å²) in [5, 5.41) is 7.26. The molecule has 1 aliphatic heterocycles. The normalized spacial score (nSPS) is 14.1. The Balaban J connectivity index is 1.49. The number of aromatic nitrogens is 2. The molecule has 2 heterocycles. The van der Waals surface area contributed by atoms with Crippen molar-refractivity contribution < 1.29 is 4.79 Å². The fourth-order valence-electron chi connectivity index (χ4n) is 3.42. The fraction of sp³-hybridized carbons (Fsp3) is 0.217. The van der Waals surface area contributed by atoms with E-state index in [-0.39, 0.29) is 5.91 Å². The maximum Gasteiger partial charge on any atom is 0.272 e. The molecule has 0 radical (unpaired) electrons. The summed E-state index contributed by atoms with van der Waals surface area (Å²) in [7, 11) is 0. The molecule has 0 spiro atoms. The third-order valence-corrected chi connectivity index (χ3v) is 5.25. The minimum absolute atomic E-state index is 0.000875. The molecule has 0 unspecified atom stereocenters. The van der Waals surface area contributed by atoms with Crippen molar-refractivity contribution in [2.45, 2.75) is 20.3 Å². The summed E-state index contributed by atoms with van der Waals surface area (Å²) in [6.45, 7) is 5.52. The second kappa shape index (κ2) is 7.23. The van der Waals surface area contributed by atoms with Crippen LogP contribution in [0.25, 0.3) is 16.8 Å². The lowest BCUT2D eigenvalue weighted by Gasteiger charge is -2.26. The van der Waals surface area contributed by atoms with Crippen LogP contribution in [0, 0.1) is 13.8 Å². The van der Waals surface area contributed by atoms with Gasteiger partial charge in [0.05, 0.1) is 5.69 Å². The van der Waals surface area contributed by atoms with Crippen LogP contribution < -0.4 is 0 Å². The van der Waals surface area contributed by atoms with Gasteiger partial charge in [0.15, 0.2) is 0 Å². The van der Waals surface area contributed by atoms with Gasteiger partial charge in [0.2, 0.25) is 0 Å². The molecule has 1 N–H and O–H groups in total. The van der Waals surface area contributed by atoms with Crippen LogP contribution in [0.4, 0.5) is 0 Å². The Kier molecular flexibility index (Phi) is 4.63. The molecule has 4 nitrogen and oxygen atoms in total. The van der Waals surface area contributed by atoms with Gasteiger partial charge < -0.3 is 4.90 Å². The average molecular weight is 357 g/mol. The Morgan fingerprint density at radius 3 is 2.52 bits per heavy atom. The zero-order valence-corrected chi connectivity index (χ0v) is 15.7. The summed E-state index contributed by atoms with van der Waals surface area (Å²) < 4.78 is 0. The molecule has 0 saturated heterocycles. The highest BCUT2D eigenvalue weighted by Crippen LogP contribution is 2.24. The van der Waals surface area contributed by atoms with E-state index >= 15 is 0 Å². The first-order chi connectivity index (χ1) is 13.1. The Morgan fingerprint density at radius 2 is 1.81 bits per heavy atom. The predicted octanol–water partition coefficient (Wildman–Crippen LogP) is 4.62. The molecule has 4 rings (SSSR count). The molecule has 2 aromatic carbocycles. The highest BCUT2D eigenvalue weighted by Gasteiger charge is 2.21. The third-order valence-electron chi connectivity index (χ3n) is 5.25. The largest absolute Gasteiger partial charge is 0.333 e. The molecule has 3 aromatic rings. The number of aromatic amines is 1. The van der Waals surface area contributed by atoms with Crippen molar-refractivity contribution in [1.82, 2.24) is 15.1 Å². The predicted molar refractivity (Wildman–Crippen MR) is 108 cm³/mol. The molecule has 1 aromatic heterocycles. The topological polar surface area (TPSA) is 49.0 Å². The van der Waals surface area contributed by atoms with E-state index in [1.807, 2.05) is 35.2 Å². The monoisotopic (exact) mass is 357 g/mol. The van der Waals surface area contributed by atoms with E-state index in [1.165, 1.54) is 22.3 Å². The lowest BCUT2D eigenvalue weighted by Crippen LogP contribution is -2.34. The van der Waals surface area contributed by atoms with Crippen molar-refractivity contribution in [1.29, 1.82) is 0 Å².